The van der Waals surface area contributed by atoms with Gasteiger partial charge in [-0.2, -0.15) is 5.26 Å². The van der Waals surface area contributed by atoms with Gasteiger partial charge in [-0.1, -0.05) is 6.07 Å². The van der Waals surface area contributed by atoms with Crippen LogP contribution < -0.4 is 0 Å². The van der Waals surface area contributed by atoms with E-state index in [1.165, 1.54) is 11.3 Å². The Morgan fingerprint density at radius 3 is 2.68 bits per heavy atom. The Morgan fingerprint density at radius 1 is 1.50 bits per heavy atom. The fraction of sp³-hybridized carbons (Fsp3) is 0.438. The molecule has 4 nitrogen and oxygen atoms in total. The molecule has 1 aliphatic rings. The Hall–Kier alpha value is -1.58. The summed E-state index contributed by atoms with van der Waals surface area (Å²) in [5, 5.41) is 11.8. The van der Waals surface area contributed by atoms with Crippen LogP contribution in [0.25, 0.3) is 0 Å². The zero-order chi connectivity index (χ0) is 16.5. The van der Waals surface area contributed by atoms with Crippen molar-refractivity contribution in [1.29, 1.82) is 5.26 Å². The smallest absolute Gasteiger partial charge is 0.316 e. The second kappa shape index (κ2) is 6.27. The summed E-state index contributed by atoms with van der Waals surface area (Å²) in [7, 11) is 0. The van der Waals surface area contributed by atoms with Crippen LogP contribution in [0, 0.1) is 17.2 Å². The molecule has 1 aliphatic heterocycles. The zero-order valence-corrected chi connectivity index (χ0v) is 14.7. The van der Waals surface area contributed by atoms with E-state index in [0.717, 1.165) is 4.88 Å². The lowest BCUT2D eigenvalue weighted by Gasteiger charge is -2.31. The number of nitrogens with zero attached hydrogens (tertiary/aromatic N) is 2. The molecular weight excluding hydrogens is 316 g/mol. The number of hydrogen-bond donors (Lipinski definition) is 1. The van der Waals surface area contributed by atoms with Crippen molar-refractivity contribution in [2.24, 2.45) is 10.9 Å². The molecule has 22 heavy (non-hydrogen) atoms. The fourth-order valence-corrected chi connectivity index (χ4v) is 3.63. The van der Waals surface area contributed by atoms with E-state index in [1.807, 2.05) is 38.3 Å². The number of aliphatic imine (C=N–C) groups is 1. The van der Waals surface area contributed by atoms with Crippen LogP contribution in [0.2, 0.25) is 0 Å². The lowest BCUT2D eigenvalue weighted by Crippen LogP contribution is -2.37. The highest BCUT2D eigenvalue weighted by molar-refractivity contribution is 7.84. The third-order valence-electron chi connectivity index (χ3n) is 3.25. The molecule has 1 unspecified atom stereocenters. The van der Waals surface area contributed by atoms with Crippen LogP contribution in [0.5, 0.6) is 0 Å². The molecule has 6 heteroatoms. The Morgan fingerprint density at radius 2 is 2.18 bits per heavy atom. The van der Waals surface area contributed by atoms with Gasteiger partial charge in [0.2, 0.25) is 0 Å². The summed E-state index contributed by atoms with van der Waals surface area (Å²) in [5.41, 5.74) is 0.443. The molecule has 0 aliphatic carbocycles. The summed E-state index contributed by atoms with van der Waals surface area (Å²) in [6.45, 7) is 7.25. The van der Waals surface area contributed by atoms with Gasteiger partial charge in [-0.25, -0.2) is 4.99 Å². The average molecular weight is 334 g/mol. The van der Waals surface area contributed by atoms with Gasteiger partial charge < -0.3 is 4.74 Å². The third-order valence-corrected chi connectivity index (χ3v) is 4.54. The lowest BCUT2D eigenvalue weighted by atomic mass is 9.80. The van der Waals surface area contributed by atoms with Gasteiger partial charge in [0.05, 0.1) is 11.6 Å². The zero-order valence-electron chi connectivity index (χ0n) is 13.0. The average Bonchev–Trinajstić information content (AvgIpc) is 2.88. The van der Waals surface area contributed by atoms with Gasteiger partial charge in [-0.15, -0.1) is 24.0 Å². The molecule has 0 fully saturated rings. The summed E-state index contributed by atoms with van der Waals surface area (Å²) >= 11 is 5.81. The van der Waals surface area contributed by atoms with Crippen LogP contribution in [-0.4, -0.2) is 17.3 Å². The van der Waals surface area contributed by atoms with Crippen molar-refractivity contribution >= 4 is 35.6 Å². The number of nitriles is 1. The van der Waals surface area contributed by atoms with Crippen molar-refractivity contribution in [2.75, 3.05) is 0 Å². The minimum atomic E-state index is -0.594. The quantitative estimate of drug-likeness (QED) is 0.658. The standard InChI is InChI=1S/C16H18N2O2S2/c1-9-12(15(19)20-16(2,3)4)13(11-6-5-7-22-11)10(8-17)14(21)18-9/h5-7,12-13,21H,1-4H3/t12?,13-/m0/s1. The van der Waals surface area contributed by atoms with E-state index >= 15 is 0 Å². The van der Waals surface area contributed by atoms with Crippen LogP contribution in [0.4, 0.5) is 0 Å². The molecular formula is C16H18N2O2S2. The number of esters is 1. The highest BCUT2D eigenvalue weighted by Gasteiger charge is 2.41. The van der Waals surface area contributed by atoms with Crippen molar-refractivity contribution < 1.29 is 9.53 Å². The predicted molar refractivity (Wildman–Crippen MR) is 91.1 cm³/mol. The van der Waals surface area contributed by atoms with Gasteiger partial charge in [-0.3, -0.25) is 4.79 Å². The molecule has 0 bridgehead atoms. The van der Waals surface area contributed by atoms with Gasteiger partial charge in [0, 0.05) is 16.5 Å². The van der Waals surface area contributed by atoms with E-state index < -0.39 is 11.5 Å². The first kappa shape index (κ1) is 16.8. The first-order valence-electron chi connectivity index (χ1n) is 6.89. The Balaban J connectivity index is 2.49. The van der Waals surface area contributed by atoms with Gasteiger partial charge in [0.15, 0.2) is 0 Å². The highest BCUT2D eigenvalue weighted by atomic mass is 32.1. The molecule has 116 valence electrons. The highest BCUT2D eigenvalue weighted by Crippen LogP contribution is 2.42. The van der Waals surface area contributed by atoms with Gasteiger partial charge >= 0.3 is 5.97 Å². The maximum absolute atomic E-state index is 12.6. The normalized spacial score (nSPS) is 22.1. The van der Waals surface area contributed by atoms with Crippen molar-refractivity contribution in [3.8, 4) is 6.07 Å². The molecule has 0 radical (unpaired) electrons. The van der Waals surface area contributed by atoms with Crippen LogP contribution >= 0.6 is 24.0 Å². The number of thiol groups is 1. The summed E-state index contributed by atoms with van der Waals surface area (Å²) in [6, 6.07) is 5.98. The minimum absolute atomic E-state index is 0.360. The number of allylic oxidation sites excluding steroid dienone is 1. The van der Waals surface area contributed by atoms with Gasteiger partial charge in [0.25, 0.3) is 0 Å². The molecule has 0 spiro atoms. The first-order chi connectivity index (χ1) is 10.2. The minimum Gasteiger partial charge on any atom is -0.459 e. The van der Waals surface area contributed by atoms with Gasteiger partial charge in [-0.05, 0) is 39.1 Å². The maximum Gasteiger partial charge on any atom is 0.316 e. The largest absolute Gasteiger partial charge is 0.459 e. The van der Waals surface area contributed by atoms with E-state index in [9.17, 15) is 10.1 Å². The monoisotopic (exact) mass is 334 g/mol. The number of carbonyl (C=O) groups is 1. The Labute approximate surface area is 139 Å². The Bertz CT molecular complexity index is 676. The summed E-state index contributed by atoms with van der Waals surface area (Å²) in [4.78, 5) is 17.9. The van der Waals surface area contributed by atoms with Crippen LogP contribution in [0.15, 0.2) is 33.1 Å². The molecule has 0 amide bonds. The van der Waals surface area contributed by atoms with Crippen LogP contribution in [0.3, 0.4) is 0 Å². The molecule has 0 aromatic carbocycles. The fourth-order valence-electron chi connectivity index (χ4n) is 2.41. The van der Waals surface area contributed by atoms with Crippen LogP contribution in [-0.2, 0) is 9.53 Å². The number of ether oxygens (including phenoxy) is 1. The SMILES string of the molecule is CC1=NC(S)=C(C#N)[C@@H](c2cccs2)C1C(=O)OC(C)(C)C. The Kier molecular flexibility index (Phi) is 4.78. The van der Waals surface area contributed by atoms with E-state index in [1.54, 1.807) is 6.92 Å². The maximum atomic E-state index is 12.6. The van der Waals surface area contributed by atoms with Crippen molar-refractivity contribution in [2.45, 2.75) is 39.2 Å². The van der Waals surface area contributed by atoms with Crippen molar-refractivity contribution in [3.63, 3.8) is 0 Å². The van der Waals surface area contributed by atoms with E-state index in [2.05, 4.69) is 23.7 Å². The third kappa shape index (κ3) is 3.42. The molecule has 2 heterocycles. The van der Waals surface area contributed by atoms with E-state index in [-0.39, 0.29) is 11.9 Å². The van der Waals surface area contributed by atoms with E-state index in [0.29, 0.717) is 16.3 Å². The van der Waals surface area contributed by atoms with Gasteiger partial charge in [0.1, 0.15) is 16.5 Å². The molecule has 1 aromatic heterocycles. The number of hydrogen-bond acceptors (Lipinski definition) is 6. The molecule has 2 rings (SSSR count). The summed E-state index contributed by atoms with van der Waals surface area (Å²) in [6.07, 6.45) is 0. The van der Waals surface area contributed by atoms with Crippen LogP contribution in [0.1, 0.15) is 38.5 Å². The first-order valence-corrected chi connectivity index (χ1v) is 8.22. The second-order valence-electron chi connectivity index (χ2n) is 6.11. The summed E-state index contributed by atoms with van der Waals surface area (Å²) < 4.78 is 5.53. The number of carbonyl (C=O) groups excluding carboxylic acids is 1. The molecule has 1 aromatic rings. The summed E-state index contributed by atoms with van der Waals surface area (Å²) in [5.74, 6) is -1.34. The molecule has 0 saturated heterocycles. The number of rotatable bonds is 2. The molecule has 0 N–H and O–H groups in total. The van der Waals surface area contributed by atoms with Crippen molar-refractivity contribution in [3.05, 3.63) is 33.0 Å². The molecule has 2 atom stereocenters. The topological polar surface area (TPSA) is 62.5 Å². The lowest BCUT2D eigenvalue weighted by molar-refractivity contribution is -0.157. The van der Waals surface area contributed by atoms with Crippen molar-refractivity contribution in [1.82, 2.24) is 0 Å². The predicted octanol–water partition coefficient (Wildman–Crippen LogP) is 3.93. The number of thiophene rings is 1. The molecule has 0 saturated carbocycles. The second-order valence-corrected chi connectivity index (χ2v) is 7.51. The van der Waals surface area contributed by atoms with E-state index in [4.69, 9.17) is 4.74 Å².